The second-order valence-corrected chi connectivity index (χ2v) is 5.22. The second kappa shape index (κ2) is 4.71. The minimum atomic E-state index is 0.490. The molecule has 18 heavy (non-hydrogen) atoms. The number of nitrogens with one attached hydrogen (secondary N) is 1. The lowest BCUT2D eigenvalue weighted by molar-refractivity contribution is 0.203. The smallest absolute Gasteiger partial charge is 0.0476 e. The van der Waals surface area contributed by atoms with Gasteiger partial charge in [-0.15, -0.1) is 0 Å². The van der Waals surface area contributed by atoms with Crippen molar-refractivity contribution in [2.75, 3.05) is 26.7 Å². The summed E-state index contributed by atoms with van der Waals surface area (Å²) >= 11 is 0. The van der Waals surface area contributed by atoms with Gasteiger partial charge in [-0.2, -0.15) is 0 Å². The molecular weight excluding hydrogens is 220 g/mol. The maximum Gasteiger partial charge on any atom is 0.0476 e. The Bertz CT molecular complexity index is 562. The average Bonchev–Trinajstić information content (AvgIpc) is 2.41. The van der Waals surface area contributed by atoms with E-state index in [2.05, 4.69) is 60.6 Å². The molecule has 94 valence electrons. The van der Waals surface area contributed by atoms with Crippen molar-refractivity contribution in [1.29, 1.82) is 0 Å². The third kappa shape index (κ3) is 1.92. The number of likely N-dealkylation sites (N-methyl/N-ethyl adjacent to an activating group) is 1. The van der Waals surface area contributed by atoms with Gasteiger partial charge in [0.25, 0.3) is 0 Å². The molecule has 1 saturated heterocycles. The summed E-state index contributed by atoms with van der Waals surface area (Å²) in [6.45, 7) is 5.45. The van der Waals surface area contributed by atoms with E-state index in [4.69, 9.17) is 0 Å². The highest BCUT2D eigenvalue weighted by molar-refractivity contribution is 5.88. The first-order chi connectivity index (χ1) is 8.77. The number of hydrogen-bond donors (Lipinski definition) is 1. The lowest BCUT2D eigenvalue weighted by atomic mass is 9.94. The zero-order valence-electron chi connectivity index (χ0n) is 11.1. The Hall–Kier alpha value is -1.38. The number of aryl methyl sites for hydroxylation is 1. The van der Waals surface area contributed by atoms with Crippen molar-refractivity contribution in [1.82, 2.24) is 10.2 Å². The molecule has 0 radical (unpaired) electrons. The van der Waals surface area contributed by atoms with Crippen LogP contribution in [0, 0.1) is 6.92 Å². The molecule has 1 fully saturated rings. The van der Waals surface area contributed by atoms with E-state index >= 15 is 0 Å². The van der Waals surface area contributed by atoms with Crippen molar-refractivity contribution < 1.29 is 0 Å². The molecule has 1 atom stereocenters. The zero-order valence-corrected chi connectivity index (χ0v) is 11.1. The summed E-state index contributed by atoms with van der Waals surface area (Å²) in [5.41, 5.74) is 2.81. The molecule has 0 aromatic heterocycles. The maximum atomic E-state index is 3.50. The number of fused-ring (bicyclic) bond motifs is 1. The van der Waals surface area contributed by atoms with E-state index in [1.54, 1.807) is 0 Å². The molecule has 1 heterocycles. The lowest BCUT2D eigenvalue weighted by Crippen LogP contribution is -2.43. The normalized spacial score (nSPS) is 21.3. The van der Waals surface area contributed by atoms with Crippen LogP contribution in [0.3, 0.4) is 0 Å². The predicted molar refractivity (Wildman–Crippen MR) is 76.9 cm³/mol. The Morgan fingerprint density at radius 2 is 1.89 bits per heavy atom. The van der Waals surface area contributed by atoms with Crippen LogP contribution in [0.5, 0.6) is 0 Å². The molecule has 0 amide bonds. The van der Waals surface area contributed by atoms with Crippen molar-refractivity contribution in [3.05, 3.63) is 47.5 Å². The minimum absolute atomic E-state index is 0.490. The number of rotatable bonds is 1. The number of nitrogens with zero attached hydrogens (tertiary/aromatic N) is 1. The minimum Gasteiger partial charge on any atom is -0.314 e. The Morgan fingerprint density at radius 3 is 2.67 bits per heavy atom. The van der Waals surface area contributed by atoms with Crippen LogP contribution in [-0.4, -0.2) is 31.6 Å². The second-order valence-electron chi connectivity index (χ2n) is 5.22. The summed E-state index contributed by atoms with van der Waals surface area (Å²) in [5.74, 6) is 0. The Labute approximate surface area is 109 Å². The van der Waals surface area contributed by atoms with E-state index in [0.29, 0.717) is 6.04 Å². The molecule has 2 nitrogen and oxygen atoms in total. The number of hydrogen-bond acceptors (Lipinski definition) is 2. The van der Waals surface area contributed by atoms with Crippen molar-refractivity contribution in [2.24, 2.45) is 0 Å². The first-order valence-electron chi connectivity index (χ1n) is 6.66. The van der Waals surface area contributed by atoms with Crippen LogP contribution in [0.2, 0.25) is 0 Å². The summed E-state index contributed by atoms with van der Waals surface area (Å²) < 4.78 is 0. The third-order valence-electron chi connectivity index (χ3n) is 4.05. The quantitative estimate of drug-likeness (QED) is 0.824. The predicted octanol–water partition coefficient (Wildman–Crippen LogP) is 2.72. The molecule has 1 aliphatic rings. The van der Waals surface area contributed by atoms with Crippen LogP contribution in [-0.2, 0) is 0 Å². The fraction of sp³-hybridized carbons (Fsp3) is 0.375. The summed E-state index contributed by atoms with van der Waals surface area (Å²) in [6, 6.07) is 13.8. The summed E-state index contributed by atoms with van der Waals surface area (Å²) in [5, 5.41) is 6.29. The average molecular weight is 240 g/mol. The molecule has 2 heteroatoms. The highest BCUT2D eigenvalue weighted by Gasteiger charge is 2.22. The van der Waals surface area contributed by atoms with Crippen LogP contribution in [0.25, 0.3) is 10.8 Å². The van der Waals surface area contributed by atoms with E-state index < -0.39 is 0 Å². The van der Waals surface area contributed by atoms with Gasteiger partial charge in [-0.1, -0.05) is 36.4 Å². The van der Waals surface area contributed by atoms with E-state index in [9.17, 15) is 0 Å². The number of benzene rings is 2. The molecule has 0 spiro atoms. The lowest BCUT2D eigenvalue weighted by Gasteiger charge is -2.34. The van der Waals surface area contributed by atoms with Crippen LogP contribution in [0.15, 0.2) is 36.4 Å². The van der Waals surface area contributed by atoms with Gasteiger partial charge in [0.05, 0.1) is 0 Å². The highest BCUT2D eigenvalue weighted by atomic mass is 15.2. The van der Waals surface area contributed by atoms with Crippen LogP contribution >= 0.6 is 0 Å². The van der Waals surface area contributed by atoms with E-state index in [1.807, 2.05) is 0 Å². The van der Waals surface area contributed by atoms with Crippen LogP contribution in [0.4, 0.5) is 0 Å². The molecule has 0 aliphatic carbocycles. The van der Waals surface area contributed by atoms with Crippen molar-refractivity contribution in [2.45, 2.75) is 13.0 Å². The Morgan fingerprint density at radius 1 is 1.11 bits per heavy atom. The van der Waals surface area contributed by atoms with E-state index in [1.165, 1.54) is 21.9 Å². The molecule has 3 rings (SSSR count). The van der Waals surface area contributed by atoms with E-state index in [0.717, 1.165) is 19.6 Å². The van der Waals surface area contributed by atoms with Gasteiger partial charge >= 0.3 is 0 Å². The molecular formula is C16H20N2. The maximum absolute atomic E-state index is 3.50. The SMILES string of the molecule is Cc1ccc(C2CNCCN2C)c2ccccc12. The summed E-state index contributed by atoms with van der Waals surface area (Å²) in [4.78, 5) is 2.45. The van der Waals surface area contributed by atoms with Crippen molar-refractivity contribution >= 4 is 10.8 Å². The largest absolute Gasteiger partial charge is 0.314 e. The van der Waals surface area contributed by atoms with Gasteiger partial charge in [-0.25, -0.2) is 0 Å². The van der Waals surface area contributed by atoms with Crippen molar-refractivity contribution in [3.63, 3.8) is 0 Å². The molecule has 2 aromatic rings. The molecule has 0 saturated carbocycles. The summed E-state index contributed by atoms with van der Waals surface area (Å²) in [6.07, 6.45) is 0. The number of piperazine rings is 1. The fourth-order valence-corrected chi connectivity index (χ4v) is 2.92. The molecule has 2 aromatic carbocycles. The standard InChI is InChI=1S/C16H20N2/c1-12-7-8-15(14-6-4-3-5-13(12)14)16-11-17-9-10-18(16)2/h3-8,16-17H,9-11H2,1-2H3. The van der Waals surface area contributed by atoms with Crippen LogP contribution in [0.1, 0.15) is 17.2 Å². The van der Waals surface area contributed by atoms with Gasteiger partial charge in [0.2, 0.25) is 0 Å². The van der Waals surface area contributed by atoms with Gasteiger partial charge in [-0.3, -0.25) is 4.90 Å². The molecule has 1 N–H and O–H groups in total. The van der Waals surface area contributed by atoms with E-state index in [-0.39, 0.29) is 0 Å². The van der Waals surface area contributed by atoms with Gasteiger partial charge in [0, 0.05) is 25.7 Å². The van der Waals surface area contributed by atoms with Crippen molar-refractivity contribution in [3.8, 4) is 0 Å². The topological polar surface area (TPSA) is 15.3 Å². The first-order valence-corrected chi connectivity index (χ1v) is 6.66. The summed E-state index contributed by atoms with van der Waals surface area (Å²) in [7, 11) is 2.22. The molecule has 0 bridgehead atoms. The van der Waals surface area contributed by atoms with Crippen LogP contribution < -0.4 is 5.32 Å². The van der Waals surface area contributed by atoms with Gasteiger partial charge in [0.1, 0.15) is 0 Å². The van der Waals surface area contributed by atoms with Gasteiger partial charge < -0.3 is 5.32 Å². The fourth-order valence-electron chi connectivity index (χ4n) is 2.92. The molecule has 1 unspecified atom stereocenters. The highest BCUT2D eigenvalue weighted by Crippen LogP contribution is 2.30. The Kier molecular flexibility index (Phi) is 3.06. The van der Waals surface area contributed by atoms with Gasteiger partial charge in [0.15, 0.2) is 0 Å². The zero-order chi connectivity index (χ0) is 12.5. The Balaban J connectivity index is 2.14. The molecule has 1 aliphatic heterocycles. The van der Waals surface area contributed by atoms with Gasteiger partial charge in [-0.05, 0) is 35.9 Å². The monoisotopic (exact) mass is 240 g/mol. The first kappa shape index (κ1) is 11.7. The third-order valence-corrected chi connectivity index (χ3v) is 4.05.